The minimum absolute atomic E-state index is 0.000521. The quantitative estimate of drug-likeness (QED) is 0.464. The van der Waals surface area contributed by atoms with Crippen molar-refractivity contribution in [2.75, 3.05) is 0 Å². The molecule has 2 aromatic carbocycles. The van der Waals surface area contributed by atoms with Crippen molar-refractivity contribution >= 4 is 5.91 Å². The maximum Gasteiger partial charge on any atom is 0.220 e. The molecule has 0 unspecified atom stereocenters. The molecule has 8 heteroatoms. The fourth-order valence-electron chi connectivity index (χ4n) is 3.24. The summed E-state index contributed by atoms with van der Waals surface area (Å²) in [5.74, 6) is -1.38. The summed E-state index contributed by atoms with van der Waals surface area (Å²) in [5.41, 5.74) is 1.84. The first-order valence-corrected chi connectivity index (χ1v) is 9.78. The first-order chi connectivity index (χ1) is 15.1. The molecule has 0 saturated carbocycles. The predicted octanol–water partition coefficient (Wildman–Crippen LogP) is 4.11. The molecule has 1 N–H and O–H groups in total. The van der Waals surface area contributed by atoms with Gasteiger partial charge in [-0.05, 0) is 23.3 Å². The minimum Gasteiger partial charge on any atom is -0.441 e. The lowest BCUT2D eigenvalue weighted by Crippen LogP contribution is -2.23. The van der Waals surface area contributed by atoms with Gasteiger partial charge in [-0.25, -0.2) is 18.7 Å². The van der Waals surface area contributed by atoms with Crippen LogP contribution in [0, 0.1) is 11.6 Å². The standard InChI is InChI=1S/C23H20F2N4O2/c24-18-6-3-7-19(25)23(18)20-13-28-22(31-20)9-8-21(30)27-12-16-4-1-2-5-17(16)14-29-11-10-26-15-29/h1-7,10-11,13,15H,8-9,12,14H2,(H,27,30). The van der Waals surface area contributed by atoms with Crippen LogP contribution in [-0.2, 0) is 24.3 Å². The van der Waals surface area contributed by atoms with Gasteiger partial charge >= 0.3 is 0 Å². The molecule has 0 aliphatic heterocycles. The average Bonchev–Trinajstić information content (AvgIpc) is 3.44. The molecule has 2 aromatic heterocycles. The van der Waals surface area contributed by atoms with Gasteiger partial charge in [0.05, 0.1) is 18.1 Å². The van der Waals surface area contributed by atoms with Crippen LogP contribution in [0.4, 0.5) is 8.78 Å². The zero-order valence-corrected chi connectivity index (χ0v) is 16.6. The molecule has 2 heterocycles. The van der Waals surface area contributed by atoms with E-state index in [2.05, 4.69) is 15.3 Å². The smallest absolute Gasteiger partial charge is 0.220 e. The largest absolute Gasteiger partial charge is 0.441 e. The molecule has 31 heavy (non-hydrogen) atoms. The first-order valence-electron chi connectivity index (χ1n) is 9.78. The second-order valence-corrected chi connectivity index (χ2v) is 7.00. The van der Waals surface area contributed by atoms with E-state index in [1.54, 1.807) is 12.5 Å². The maximum absolute atomic E-state index is 13.9. The van der Waals surface area contributed by atoms with Crippen LogP contribution in [-0.4, -0.2) is 20.4 Å². The highest BCUT2D eigenvalue weighted by molar-refractivity contribution is 5.76. The lowest BCUT2D eigenvalue weighted by atomic mass is 10.1. The summed E-state index contributed by atoms with van der Waals surface area (Å²) in [5, 5.41) is 2.89. The van der Waals surface area contributed by atoms with Crippen LogP contribution in [0.2, 0.25) is 0 Å². The van der Waals surface area contributed by atoms with Gasteiger partial charge in [-0.2, -0.15) is 0 Å². The highest BCUT2D eigenvalue weighted by Gasteiger charge is 2.16. The molecule has 158 valence electrons. The summed E-state index contributed by atoms with van der Waals surface area (Å²) in [6.45, 7) is 1.05. The normalized spacial score (nSPS) is 10.9. The van der Waals surface area contributed by atoms with Crippen LogP contribution >= 0.6 is 0 Å². The third-order valence-electron chi connectivity index (χ3n) is 4.84. The molecule has 0 saturated heterocycles. The molecule has 0 radical (unpaired) electrons. The van der Waals surface area contributed by atoms with Gasteiger partial charge < -0.3 is 14.3 Å². The second kappa shape index (κ2) is 9.34. The molecule has 6 nitrogen and oxygen atoms in total. The van der Waals surface area contributed by atoms with Gasteiger partial charge in [-0.1, -0.05) is 30.3 Å². The van der Waals surface area contributed by atoms with E-state index in [1.165, 1.54) is 12.3 Å². The molecule has 0 bridgehead atoms. The number of benzene rings is 2. The summed E-state index contributed by atoms with van der Waals surface area (Å²) >= 11 is 0. The van der Waals surface area contributed by atoms with Crippen molar-refractivity contribution in [3.8, 4) is 11.3 Å². The van der Waals surface area contributed by atoms with E-state index < -0.39 is 11.6 Å². The minimum atomic E-state index is -0.727. The Balaban J connectivity index is 1.32. The molecule has 0 fully saturated rings. The highest BCUT2D eigenvalue weighted by atomic mass is 19.1. The van der Waals surface area contributed by atoms with E-state index in [1.807, 2.05) is 35.0 Å². The van der Waals surface area contributed by atoms with Crippen molar-refractivity contribution in [1.29, 1.82) is 0 Å². The Morgan fingerprint density at radius 2 is 1.84 bits per heavy atom. The van der Waals surface area contributed by atoms with Crippen LogP contribution in [0.15, 0.2) is 71.8 Å². The number of oxazole rings is 1. The average molecular weight is 422 g/mol. The van der Waals surface area contributed by atoms with Crippen molar-refractivity contribution in [2.24, 2.45) is 0 Å². The Morgan fingerprint density at radius 3 is 2.58 bits per heavy atom. The number of carbonyl (C=O) groups is 1. The maximum atomic E-state index is 13.9. The number of imidazole rings is 1. The van der Waals surface area contributed by atoms with Gasteiger partial charge in [0.1, 0.15) is 11.6 Å². The number of carbonyl (C=O) groups excluding carboxylic acids is 1. The van der Waals surface area contributed by atoms with Crippen LogP contribution in [0.1, 0.15) is 23.4 Å². The number of amides is 1. The molecule has 0 aliphatic carbocycles. The zero-order chi connectivity index (χ0) is 21.6. The number of hydrogen-bond acceptors (Lipinski definition) is 4. The Labute approximate surface area is 177 Å². The number of aromatic nitrogens is 3. The zero-order valence-electron chi connectivity index (χ0n) is 16.6. The first kappa shape index (κ1) is 20.5. The van der Waals surface area contributed by atoms with Crippen LogP contribution in [0.25, 0.3) is 11.3 Å². The molecule has 0 atom stereocenters. The number of aryl methyl sites for hydroxylation is 1. The molecular formula is C23H20F2N4O2. The van der Waals surface area contributed by atoms with Gasteiger partial charge in [-0.3, -0.25) is 4.79 Å². The number of nitrogens with one attached hydrogen (secondary N) is 1. The van der Waals surface area contributed by atoms with E-state index >= 15 is 0 Å². The lowest BCUT2D eigenvalue weighted by molar-refractivity contribution is -0.121. The van der Waals surface area contributed by atoms with Crippen LogP contribution < -0.4 is 5.32 Å². The van der Waals surface area contributed by atoms with Gasteiger partial charge in [0.2, 0.25) is 5.91 Å². The van der Waals surface area contributed by atoms with Crippen molar-refractivity contribution in [3.63, 3.8) is 0 Å². The Bertz CT molecular complexity index is 1150. The molecule has 0 spiro atoms. The summed E-state index contributed by atoms with van der Waals surface area (Å²) in [4.78, 5) is 20.4. The predicted molar refractivity (Wildman–Crippen MR) is 110 cm³/mol. The molecule has 0 aliphatic rings. The Hall–Kier alpha value is -3.81. The van der Waals surface area contributed by atoms with E-state index in [-0.39, 0.29) is 36.0 Å². The summed E-state index contributed by atoms with van der Waals surface area (Å²) in [6.07, 6.45) is 6.97. The number of rotatable bonds is 8. The fourth-order valence-corrected chi connectivity index (χ4v) is 3.24. The summed E-state index contributed by atoms with van der Waals surface area (Å²) in [7, 11) is 0. The van der Waals surface area contributed by atoms with E-state index in [0.717, 1.165) is 23.3 Å². The summed E-state index contributed by atoms with van der Waals surface area (Å²) in [6, 6.07) is 11.4. The number of halogens is 2. The second-order valence-electron chi connectivity index (χ2n) is 7.00. The fraction of sp³-hybridized carbons (Fsp3) is 0.174. The van der Waals surface area contributed by atoms with Crippen LogP contribution in [0.5, 0.6) is 0 Å². The van der Waals surface area contributed by atoms with Crippen molar-refractivity contribution in [1.82, 2.24) is 19.9 Å². The highest BCUT2D eigenvalue weighted by Crippen LogP contribution is 2.26. The SMILES string of the molecule is O=C(CCc1ncc(-c2c(F)cccc2F)o1)NCc1ccccc1Cn1ccnc1. The van der Waals surface area contributed by atoms with Gasteiger partial charge in [0.25, 0.3) is 0 Å². The third kappa shape index (κ3) is 5.03. The molecule has 1 amide bonds. The number of nitrogens with zero attached hydrogens (tertiary/aromatic N) is 3. The van der Waals surface area contributed by atoms with Crippen molar-refractivity contribution in [3.05, 3.63) is 96.0 Å². The molecular weight excluding hydrogens is 402 g/mol. The van der Waals surface area contributed by atoms with E-state index in [4.69, 9.17) is 4.42 Å². The Kier molecular flexibility index (Phi) is 6.16. The lowest BCUT2D eigenvalue weighted by Gasteiger charge is -2.11. The van der Waals surface area contributed by atoms with E-state index in [9.17, 15) is 13.6 Å². The van der Waals surface area contributed by atoms with Gasteiger partial charge in [0, 0.05) is 38.3 Å². The van der Waals surface area contributed by atoms with Gasteiger partial charge in [-0.15, -0.1) is 0 Å². The number of hydrogen-bond donors (Lipinski definition) is 1. The van der Waals surface area contributed by atoms with Gasteiger partial charge in [0.15, 0.2) is 11.7 Å². The summed E-state index contributed by atoms with van der Waals surface area (Å²) < 4.78 is 35.2. The van der Waals surface area contributed by atoms with Crippen molar-refractivity contribution < 1.29 is 18.0 Å². The Morgan fingerprint density at radius 1 is 1.06 bits per heavy atom. The van der Waals surface area contributed by atoms with E-state index in [0.29, 0.717) is 13.1 Å². The third-order valence-corrected chi connectivity index (χ3v) is 4.84. The topological polar surface area (TPSA) is 73.0 Å². The van der Waals surface area contributed by atoms with Crippen LogP contribution in [0.3, 0.4) is 0 Å². The molecule has 4 aromatic rings. The van der Waals surface area contributed by atoms with Crippen molar-refractivity contribution in [2.45, 2.75) is 25.9 Å². The molecule has 4 rings (SSSR count). The monoisotopic (exact) mass is 422 g/mol.